The Morgan fingerprint density at radius 2 is 1.78 bits per heavy atom. The highest BCUT2D eigenvalue weighted by Crippen LogP contribution is 2.39. The van der Waals surface area contributed by atoms with Gasteiger partial charge in [-0.1, -0.05) is 35.9 Å². The van der Waals surface area contributed by atoms with Crippen LogP contribution in [0.3, 0.4) is 0 Å². The van der Waals surface area contributed by atoms with Gasteiger partial charge in [0, 0.05) is 11.4 Å². The molecule has 124 valence electrons. The Labute approximate surface area is 142 Å². The zero-order chi connectivity index (χ0) is 17.3. The lowest BCUT2D eigenvalue weighted by molar-refractivity contribution is -0.104. The van der Waals surface area contributed by atoms with Gasteiger partial charge >= 0.3 is 0 Å². The van der Waals surface area contributed by atoms with Gasteiger partial charge in [0.25, 0.3) is 0 Å². The van der Waals surface area contributed by atoms with Crippen LogP contribution in [0.15, 0.2) is 53.1 Å². The molecule has 0 amide bonds. The minimum absolute atomic E-state index is 0.375. The van der Waals surface area contributed by atoms with Gasteiger partial charge in [-0.25, -0.2) is 0 Å². The molecule has 0 aliphatic heterocycles. The van der Waals surface area contributed by atoms with Crippen LogP contribution in [0.5, 0.6) is 0 Å². The maximum absolute atomic E-state index is 12.8. The molecule has 4 heteroatoms. The highest BCUT2D eigenvalue weighted by atomic mass is 32.2. The maximum atomic E-state index is 12.8. The Kier molecular flexibility index (Phi) is 5.19. The van der Waals surface area contributed by atoms with Crippen molar-refractivity contribution in [2.45, 2.75) is 51.3 Å². The second-order valence-electron chi connectivity index (χ2n) is 7.18. The molecule has 1 N–H and O–H groups in total. The molecule has 0 saturated carbocycles. The lowest BCUT2D eigenvalue weighted by Gasteiger charge is -2.36. The molecule has 0 heterocycles. The summed E-state index contributed by atoms with van der Waals surface area (Å²) in [6.45, 7) is 9.92. The third-order valence-corrected chi connectivity index (χ3v) is 5.86. The van der Waals surface area contributed by atoms with Crippen LogP contribution in [0, 0.1) is 0 Å². The second kappa shape index (κ2) is 6.63. The Morgan fingerprint density at radius 3 is 2.26 bits per heavy atom. The number of benzene rings is 1. The van der Waals surface area contributed by atoms with E-state index in [2.05, 4.69) is 4.72 Å². The van der Waals surface area contributed by atoms with Crippen molar-refractivity contribution in [3.8, 4) is 0 Å². The molecular weight excluding hydrogens is 306 g/mol. The van der Waals surface area contributed by atoms with E-state index in [4.69, 9.17) is 0 Å². The summed E-state index contributed by atoms with van der Waals surface area (Å²) in [6, 6.07) is 9.97. The van der Waals surface area contributed by atoms with E-state index in [-0.39, 0.29) is 4.75 Å². The van der Waals surface area contributed by atoms with E-state index in [1.807, 2.05) is 71.0 Å². The summed E-state index contributed by atoms with van der Waals surface area (Å²) in [5, 5.41) is 0. The number of hydrogen-bond acceptors (Lipinski definition) is 3. The predicted molar refractivity (Wildman–Crippen MR) is 96.3 cm³/mol. The van der Waals surface area contributed by atoms with Crippen molar-refractivity contribution in [1.82, 2.24) is 4.72 Å². The number of allylic oxidation sites excluding steroid dienone is 2. The molecule has 0 aromatic heterocycles. The van der Waals surface area contributed by atoms with E-state index in [0.717, 1.165) is 28.6 Å². The van der Waals surface area contributed by atoms with E-state index < -0.39 is 16.9 Å². The minimum atomic E-state index is -1.23. The molecule has 2 unspecified atom stereocenters. The molecule has 0 fully saturated rings. The lowest BCUT2D eigenvalue weighted by atomic mass is 9.84. The summed E-state index contributed by atoms with van der Waals surface area (Å²) in [5.74, 6) is 0. The smallest absolute Gasteiger partial charge is 0.146 e. The van der Waals surface area contributed by atoms with Crippen molar-refractivity contribution in [3.63, 3.8) is 0 Å². The molecule has 2 rings (SSSR count). The molecule has 1 aliphatic carbocycles. The third kappa shape index (κ3) is 3.77. The second-order valence-corrected chi connectivity index (χ2v) is 9.15. The highest BCUT2D eigenvalue weighted by molar-refractivity contribution is 7.90. The van der Waals surface area contributed by atoms with Gasteiger partial charge in [-0.2, -0.15) is 0 Å². The normalized spacial score (nSPS) is 19.3. The molecule has 1 aromatic carbocycles. The van der Waals surface area contributed by atoms with E-state index in [9.17, 15) is 9.35 Å². The number of rotatable bonds is 5. The monoisotopic (exact) mass is 331 g/mol. The van der Waals surface area contributed by atoms with Crippen molar-refractivity contribution in [2.24, 2.45) is 0 Å². The Balaban J connectivity index is 2.51. The first-order valence-corrected chi connectivity index (χ1v) is 8.94. The van der Waals surface area contributed by atoms with E-state index in [1.165, 1.54) is 0 Å². The van der Waals surface area contributed by atoms with Crippen molar-refractivity contribution in [3.05, 3.63) is 58.7 Å². The number of aldehydes is 1. The zero-order valence-electron chi connectivity index (χ0n) is 14.5. The van der Waals surface area contributed by atoms with Gasteiger partial charge in [0.05, 0.1) is 0 Å². The standard InChI is InChI=1S/C19H25NO2S/c1-14-11-15(13-21)12-17(14)19(5,16-9-7-6-8-10-16)20-23(22)18(2,3)4/h6-10,12-13,20H,11H2,1-5H3. The quantitative estimate of drug-likeness (QED) is 0.659. The van der Waals surface area contributed by atoms with Crippen LogP contribution >= 0.6 is 0 Å². The lowest BCUT2D eigenvalue weighted by Crippen LogP contribution is -2.50. The first-order chi connectivity index (χ1) is 10.7. The van der Waals surface area contributed by atoms with Crippen LogP contribution < -0.4 is 4.72 Å². The average molecular weight is 331 g/mol. The van der Waals surface area contributed by atoms with Crippen molar-refractivity contribution in [1.29, 1.82) is 0 Å². The molecule has 0 spiro atoms. The molecule has 0 radical (unpaired) electrons. The maximum Gasteiger partial charge on any atom is 0.146 e. The fourth-order valence-electron chi connectivity index (χ4n) is 2.79. The first kappa shape index (κ1) is 18.0. The zero-order valence-corrected chi connectivity index (χ0v) is 15.3. The Morgan fingerprint density at radius 1 is 1.17 bits per heavy atom. The number of carbonyl (C=O) groups is 1. The molecule has 23 heavy (non-hydrogen) atoms. The predicted octanol–water partition coefficient (Wildman–Crippen LogP) is 3.80. The highest BCUT2D eigenvalue weighted by Gasteiger charge is 2.41. The SMILES string of the molecule is CC1=C(C(C)(N[S+]([O-])C(C)(C)C)c2ccccc2)C=C(C=O)C1. The molecule has 0 saturated heterocycles. The van der Waals surface area contributed by atoms with Gasteiger partial charge in [-0.3, -0.25) is 4.79 Å². The molecule has 2 atom stereocenters. The van der Waals surface area contributed by atoms with Crippen LogP contribution in [0.25, 0.3) is 0 Å². The van der Waals surface area contributed by atoms with Crippen LogP contribution in [0.2, 0.25) is 0 Å². The summed E-state index contributed by atoms with van der Waals surface area (Å²) < 4.78 is 15.7. The number of nitrogens with one attached hydrogen (secondary N) is 1. The van der Waals surface area contributed by atoms with Crippen molar-refractivity contribution < 1.29 is 9.35 Å². The van der Waals surface area contributed by atoms with Crippen LogP contribution in [-0.2, 0) is 21.7 Å². The fraction of sp³-hybridized carbons (Fsp3) is 0.421. The number of carbonyl (C=O) groups excluding carboxylic acids is 1. The van der Waals surface area contributed by atoms with E-state index in [1.54, 1.807) is 0 Å². The van der Waals surface area contributed by atoms with E-state index in [0.29, 0.717) is 6.42 Å². The third-order valence-electron chi connectivity index (χ3n) is 4.15. The first-order valence-electron chi connectivity index (χ1n) is 7.79. The van der Waals surface area contributed by atoms with Gasteiger partial charge in [0.1, 0.15) is 16.6 Å². The van der Waals surface area contributed by atoms with Crippen molar-refractivity contribution >= 4 is 17.6 Å². The molecule has 1 aliphatic rings. The van der Waals surface area contributed by atoms with Crippen LogP contribution in [0.1, 0.15) is 46.6 Å². The Bertz CT molecular complexity index is 643. The molecular formula is C19H25NO2S. The van der Waals surface area contributed by atoms with Gasteiger partial charge < -0.3 is 4.55 Å². The number of hydrogen-bond donors (Lipinski definition) is 1. The van der Waals surface area contributed by atoms with Gasteiger partial charge in [-0.15, -0.1) is 4.72 Å². The summed E-state index contributed by atoms with van der Waals surface area (Å²) in [5.41, 5.74) is 3.37. The molecule has 0 bridgehead atoms. The molecule has 1 aromatic rings. The van der Waals surface area contributed by atoms with Gasteiger partial charge in [0.2, 0.25) is 0 Å². The summed E-state index contributed by atoms with van der Waals surface area (Å²) in [4.78, 5) is 11.2. The summed E-state index contributed by atoms with van der Waals surface area (Å²) in [7, 11) is 0. The summed E-state index contributed by atoms with van der Waals surface area (Å²) >= 11 is -1.23. The topological polar surface area (TPSA) is 52.2 Å². The minimum Gasteiger partial charge on any atom is -0.598 e. The van der Waals surface area contributed by atoms with Gasteiger partial charge in [-0.05, 0) is 63.8 Å². The largest absolute Gasteiger partial charge is 0.598 e. The van der Waals surface area contributed by atoms with Gasteiger partial charge in [0.15, 0.2) is 0 Å². The fourth-order valence-corrected chi connectivity index (χ4v) is 3.69. The molecule has 3 nitrogen and oxygen atoms in total. The van der Waals surface area contributed by atoms with Crippen molar-refractivity contribution in [2.75, 3.05) is 0 Å². The van der Waals surface area contributed by atoms with E-state index >= 15 is 0 Å². The van der Waals surface area contributed by atoms with Crippen LogP contribution in [0.4, 0.5) is 0 Å². The average Bonchev–Trinajstić information content (AvgIpc) is 2.89. The van der Waals surface area contributed by atoms with Crippen LogP contribution in [-0.4, -0.2) is 15.6 Å². The Hall–Kier alpha value is -1.36. The summed E-state index contributed by atoms with van der Waals surface area (Å²) in [6.07, 6.45) is 3.50.